The molecular weight excluding hydrogens is 264 g/mol. The summed E-state index contributed by atoms with van der Waals surface area (Å²) in [4.78, 5) is 3.78. The predicted octanol–water partition coefficient (Wildman–Crippen LogP) is 1.08. The number of hydrogen-bond donors (Lipinski definition) is 0. The third kappa shape index (κ3) is 2.48. The Morgan fingerprint density at radius 3 is 1.57 bits per heavy atom. The molecule has 1 heterocycles. The molecule has 0 amide bonds. The quantitative estimate of drug-likeness (QED) is 0.687. The summed E-state index contributed by atoms with van der Waals surface area (Å²) in [5.41, 5.74) is 0. The van der Waals surface area contributed by atoms with Crippen molar-refractivity contribution in [3.8, 4) is 0 Å². The number of nitrogens with zero attached hydrogens (tertiary/aromatic N) is 1. The van der Waals surface area contributed by atoms with Gasteiger partial charge in [-0.1, -0.05) is 6.07 Å². The molecule has 0 aliphatic carbocycles. The van der Waals surface area contributed by atoms with E-state index in [2.05, 4.69) is 4.98 Å². The van der Waals surface area contributed by atoms with Gasteiger partial charge in [0.05, 0.1) is 0 Å². The standard InChI is InChI=1S/C5H5N.Os/c1-2-4-6-5-3-1;/h1-5H;/q;+2. The average Bonchev–Trinajstić information content (AvgIpc) is 1.72. The van der Waals surface area contributed by atoms with Gasteiger partial charge < -0.3 is 0 Å². The van der Waals surface area contributed by atoms with Gasteiger partial charge in [-0.25, -0.2) is 0 Å². The first-order valence-electron chi connectivity index (χ1n) is 1.85. The third-order valence-corrected chi connectivity index (χ3v) is 0.566. The van der Waals surface area contributed by atoms with Gasteiger partial charge in [-0.2, -0.15) is 0 Å². The fraction of sp³-hybridized carbons (Fsp3) is 0. The van der Waals surface area contributed by atoms with Crippen molar-refractivity contribution < 1.29 is 19.8 Å². The Kier molecular flexibility index (Phi) is 3.84. The zero-order chi connectivity index (χ0) is 4.24. The Morgan fingerprint density at radius 2 is 1.43 bits per heavy atom. The van der Waals surface area contributed by atoms with Gasteiger partial charge in [-0.15, -0.1) is 0 Å². The van der Waals surface area contributed by atoms with Crippen molar-refractivity contribution >= 4 is 0 Å². The molecule has 0 saturated carbocycles. The summed E-state index contributed by atoms with van der Waals surface area (Å²) in [5, 5.41) is 0. The first-order chi connectivity index (χ1) is 3.00. The molecule has 0 bridgehead atoms. The molecule has 0 aliphatic heterocycles. The Morgan fingerprint density at radius 1 is 0.857 bits per heavy atom. The Bertz CT molecular complexity index is 80.0. The SMILES string of the molecule is [Os+2].c1ccncc1. The molecule has 0 saturated heterocycles. The Balaban J connectivity index is 0.000000360. The second-order valence-electron chi connectivity index (χ2n) is 1.02. The van der Waals surface area contributed by atoms with Gasteiger partial charge in [-0.05, 0) is 12.1 Å². The minimum absolute atomic E-state index is 0. The van der Waals surface area contributed by atoms with Crippen LogP contribution < -0.4 is 0 Å². The number of aromatic nitrogens is 1. The van der Waals surface area contributed by atoms with Crippen LogP contribution in [-0.2, 0) is 19.8 Å². The van der Waals surface area contributed by atoms with Crippen molar-refractivity contribution in [2.75, 3.05) is 0 Å². The van der Waals surface area contributed by atoms with E-state index >= 15 is 0 Å². The molecule has 0 fully saturated rings. The van der Waals surface area contributed by atoms with E-state index in [0.717, 1.165) is 0 Å². The van der Waals surface area contributed by atoms with Crippen molar-refractivity contribution in [2.24, 2.45) is 0 Å². The number of hydrogen-bond acceptors (Lipinski definition) is 1. The molecule has 7 heavy (non-hydrogen) atoms. The van der Waals surface area contributed by atoms with Crippen molar-refractivity contribution in [3.63, 3.8) is 0 Å². The van der Waals surface area contributed by atoms with Gasteiger partial charge >= 0.3 is 19.8 Å². The first kappa shape index (κ1) is 6.79. The predicted molar refractivity (Wildman–Crippen MR) is 24.2 cm³/mol. The van der Waals surface area contributed by atoms with Crippen LogP contribution in [0.15, 0.2) is 30.6 Å². The van der Waals surface area contributed by atoms with Crippen LogP contribution in [0.25, 0.3) is 0 Å². The van der Waals surface area contributed by atoms with Crippen LogP contribution >= 0.6 is 0 Å². The van der Waals surface area contributed by atoms with E-state index in [4.69, 9.17) is 0 Å². The zero-order valence-corrected chi connectivity index (χ0v) is 6.23. The van der Waals surface area contributed by atoms with Crippen molar-refractivity contribution in [1.82, 2.24) is 4.98 Å². The van der Waals surface area contributed by atoms with Crippen LogP contribution in [0, 0.1) is 0 Å². The third-order valence-electron chi connectivity index (χ3n) is 0.566. The average molecular weight is 269 g/mol. The van der Waals surface area contributed by atoms with Crippen molar-refractivity contribution in [1.29, 1.82) is 0 Å². The fourth-order valence-electron chi connectivity index (χ4n) is 0.313. The largest absolute Gasteiger partial charge is 2.00 e. The normalized spacial score (nSPS) is 6.86. The van der Waals surface area contributed by atoms with Crippen LogP contribution in [0.5, 0.6) is 0 Å². The maximum Gasteiger partial charge on any atom is 2.00 e. The van der Waals surface area contributed by atoms with Gasteiger partial charge in [0.1, 0.15) is 0 Å². The van der Waals surface area contributed by atoms with Crippen LogP contribution in [0.1, 0.15) is 0 Å². The van der Waals surface area contributed by atoms with Crippen LogP contribution in [0.4, 0.5) is 0 Å². The summed E-state index contributed by atoms with van der Waals surface area (Å²) in [7, 11) is 0. The minimum Gasteiger partial charge on any atom is -0.265 e. The van der Waals surface area contributed by atoms with E-state index in [1.165, 1.54) is 0 Å². The summed E-state index contributed by atoms with van der Waals surface area (Å²) in [6, 6.07) is 5.72. The molecule has 0 aromatic carbocycles. The van der Waals surface area contributed by atoms with E-state index < -0.39 is 0 Å². The molecule has 0 unspecified atom stereocenters. The van der Waals surface area contributed by atoms with Crippen LogP contribution in [0.3, 0.4) is 0 Å². The maximum absolute atomic E-state index is 3.78. The fourth-order valence-corrected chi connectivity index (χ4v) is 0.313. The molecule has 2 heteroatoms. The number of rotatable bonds is 0. The summed E-state index contributed by atoms with van der Waals surface area (Å²) in [6.45, 7) is 0. The summed E-state index contributed by atoms with van der Waals surface area (Å²) < 4.78 is 0. The van der Waals surface area contributed by atoms with E-state index in [1.54, 1.807) is 12.4 Å². The van der Waals surface area contributed by atoms with Gasteiger partial charge in [0.25, 0.3) is 0 Å². The number of pyridine rings is 1. The minimum atomic E-state index is 0. The van der Waals surface area contributed by atoms with Gasteiger partial charge in [0.2, 0.25) is 0 Å². The molecule has 1 aromatic rings. The van der Waals surface area contributed by atoms with Gasteiger partial charge in [0, 0.05) is 12.4 Å². The summed E-state index contributed by atoms with van der Waals surface area (Å²) in [6.07, 6.45) is 3.50. The van der Waals surface area contributed by atoms with Crippen molar-refractivity contribution in [2.45, 2.75) is 0 Å². The van der Waals surface area contributed by atoms with E-state index in [-0.39, 0.29) is 19.8 Å². The summed E-state index contributed by atoms with van der Waals surface area (Å²) in [5.74, 6) is 0. The molecule has 1 aromatic heterocycles. The van der Waals surface area contributed by atoms with Crippen molar-refractivity contribution in [3.05, 3.63) is 30.6 Å². The molecule has 0 radical (unpaired) electrons. The topological polar surface area (TPSA) is 12.9 Å². The monoisotopic (exact) mass is 271 g/mol. The van der Waals surface area contributed by atoms with E-state index in [0.29, 0.717) is 0 Å². The van der Waals surface area contributed by atoms with E-state index in [1.807, 2.05) is 18.2 Å². The Hall–Kier alpha value is -0.214. The van der Waals surface area contributed by atoms with Gasteiger partial charge in [-0.3, -0.25) is 4.98 Å². The molecular formula is C5H5NOs+2. The molecule has 0 aliphatic rings. The second kappa shape index (κ2) is 3.96. The second-order valence-corrected chi connectivity index (χ2v) is 1.02. The molecule has 0 N–H and O–H groups in total. The maximum atomic E-state index is 3.78. The molecule has 0 spiro atoms. The Labute approximate surface area is 55.8 Å². The van der Waals surface area contributed by atoms with E-state index in [9.17, 15) is 0 Å². The molecule has 1 rings (SSSR count). The van der Waals surface area contributed by atoms with Crippen LogP contribution in [-0.4, -0.2) is 4.98 Å². The van der Waals surface area contributed by atoms with Crippen LogP contribution in [0.2, 0.25) is 0 Å². The zero-order valence-electron chi connectivity index (χ0n) is 3.69. The smallest absolute Gasteiger partial charge is 0.265 e. The summed E-state index contributed by atoms with van der Waals surface area (Å²) >= 11 is 0. The first-order valence-corrected chi connectivity index (χ1v) is 1.85. The molecule has 0 atom stereocenters. The molecule has 36 valence electrons. The molecule has 1 nitrogen and oxygen atoms in total. The van der Waals surface area contributed by atoms with Gasteiger partial charge in [0.15, 0.2) is 0 Å².